The maximum atomic E-state index is 13.3. The fraction of sp³-hybridized carbons (Fsp3) is 0.658. The zero-order valence-electron chi connectivity index (χ0n) is 57.4. The predicted octanol–water partition coefficient (Wildman–Crippen LogP) is 15.4. The van der Waals surface area contributed by atoms with Crippen LogP contribution in [0.2, 0.25) is 0 Å². The van der Waals surface area contributed by atoms with Crippen LogP contribution in [0.3, 0.4) is 0 Å². The van der Waals surface area contributed by atoms with Gasteiger partial charge in [0.25, 0.3) is 0 Å². The van der Waals surface area contributed by atoms with E-state index in [4.69, 9.17) is 18.9 Å². The van der Waals surface area contributed by atoms with Crippen LogP contribution in [-0.4, -0.2) is 140 Å². The van der Waals surface area contributed by atoms with Crippen molar-refractivity contribution >= 4 is 5.91 Å². The number of carbonyl (C=O) groups is 1. The first-order valence-corrected chi connectivity index (χ1v) is 36.2. The number of hydrogen-bond acceptors (Lipinski definition) is 13. The van der Waals surface area contributed by atoms with E-state index in [0.717, 1.165) is 103 Å². The topological polar surface area (TPSA) is 228 Å². The Kier molecular flexibility index (Phi) is 55.8. The summed E-state index contributed by atoms with van der Waals surface area (Å²) in [7, 11) is 0. The summed E-state index contributed by atoms with van der Waals surface area (Å²) in [5.74, 6) is -0.301. The van der Waals surface area contributed by atoms with E-state index in [-0.39, 0.29) is 18.9 Å². The first-order chi connectivity index (χ1) is 45.6. The van der Waals surface area contributed by atoms with Gasteiger partial charge < -0.3 is 65.1 Å². The molecule has 93 heavy (non-hydrogen) atoms. The maximum absolute atomic E-state index is 13.3. The van der Waals surface area contributed by atoms with Crippen molar-refractivity contribution in [2.75, 3.05) is 19.8 Å². The average Bonchev–Trinajstić information content (AvgIpc) is 0.852. The smallest absolute Gasteiger partial charge is 0.220 e. The Morgan fingerprint density at radius 2 is 0.753 bits per heavy atom. The third kappa shape index (κ3) is 44.9. The summed E-state index contributed by atoms with van der Waals surface area (Å²) < 4.78 is 22.8. The second kappa shape index (κ2) is 61.2. The minimum Gasteiger partial charge on any atom is -0.394 e. The van der Waals surface area contributed by atoms with Crippen LogP contribution in [0.5, 0.6) is 0 Å². The quantitative estimate of drug-likeness (QED) is 0.0204. The molecule has 0 aromatic heterocycles. The minimum atomic E-state index is -1.81. The normalized spacial score (nSPS) is 23.5. The second-order valence-electron chi connectivity index (χ2n) is 24.6. The Morgan fingerprint density at radius 1 is 0.398 bits per heavy atom. The Balaban J connectivity index is 1.74. The number of allylic oxidation sites excluding steroid dienone is 25. The lowest BCUT2D eigenvalue weighted by atomic mass is 9.97. The van der Waals surface area contributed by atoms with Crippen molar-refractivity contribution in [3.05, 3.63) is 158 Å². The third-order valence-corrected chi connectivity index (χ3v) is 16.4. The van der Waals surface area contributed by atoms with Crippen LogP contribution in [0, 0.1) is 0 Å². The highest BCUT2D eigenvalue weighted by atomic mass is 16.7. The summed E-state index contributed by atoms with van der Waals surface area (Å²) in [6, 6.07) is -0.976. The third-order valence-electron chi connectivity index (χ3n) is 16.4. The molecule has 0 aliphatic carbocycles. The molecule has 528 valence electrons. The van der Waals surface area contributed by atoms with E-state index in [1.54, 1.807) is 6.08 Å². The van der Waals surface area contributed by atoms with Gasteiger partial charge in [0.05, 0.1) is 32.0 Å². The average molecular weight is 1300 g/mol. The summed E-state index contributed by atoms with van der Waals surface area (Å²) in [5, 5.41) is 87.4. The van der Waals surface area contributed by atoms with Crippen molar-refractivity contribution in [3.8, 4) is 0 Å². The highest BCUT2D eigenvalue weighted by Gasteiger charge is 2.51. The van der Waals surface area contributed by atoms with E-state index in [1.165, 1.54) is 103 Å². The van der Waals surface area contributed by atoms with Crippen molar-refractivity contribution in [1.29, 1.82) is 0 Å². The molecule has 14 heteroatoms. The molecule has 0 aromatic rings. The Bertz CT molecular complexity index is 2170. The van der Waals surface area contributed by atoms with Crippen LogP contribution in [0.25, 0.3) is 0 Å². The second-order valence-corrected chi connectivity index (χ2v) is 24.6. The van der Waals surface area contributed by atoms with E-state index < -0.39 is 86.8 Å². The highest BCUT2D eigenvalue weighted by Crippen LogP contribution is 2.30. The lowest BCUT2D eigenvalue weighted by Crippen LogP contribution is -2.65. The molecule has 12 unspecified atom stereocenters. The van der Waals surface area contributed by atoms with Crippen molar-refractivity contribution in [3.63, 3.8) is 0 Å². The first kappa shape index (κ1) is 84.7. The van der Waals surface area contributed by atoms with Crippen LogP contribution in [-0.2, 0) is 23.7 Å². The molecule has 2 heterocycles. The predicted molar refractivity (Wildman–Crippen MR) is 382 cm³/mol. The Hall–Kier alpha value is -4.39. The molecule has 2 rings (SSSR count). The number of aliphatic hydroxyl groups is 8. The molecule has 0 radical (unpaired) electrons. The summed E-state index contributed by atoms with van der Waals surface area (Å²) >= 11 is 0. The van der Waals surface area contributed by atoms with Gasteiger partial charge in [-0.1, -0.05) is 268 Å². The Morgan fingerprint density at radius 3 is 1.18 bits per heavy atom. The van der Waals surface area contributed by atoms with Gasteiger partial charge in [0.15, 0.2) is 12.6 Å². The number of aliphatic hydroxyl groups excluding tert-OH is 8. The number of carbonyl (C=O) groups excluding carboxylic acids is 1. The van der Waals surface area contributed by atoms with Gasteiger partial charge >= 0.3 is 0 Å². The highest BCUT2D eigenvalue weighted by molar-refractivity contribution is 5.76. The van der Waals surface area contributed by atoms with Gasteiger partial charge in [-0.25, -0.2) is 0 Å². The molecule has 0 aromatic carbocycles. The van der Waals surface area contributed by atoms with Crippen molar-refractivity contribution in [2.24, 2.45) is 0 Å². The van der Waals surface area contributed by atoms with E-state index in [0.29, 0.717) is 12.8 Å². The lowest BCUT2D eigenvalue weighted by Gasteiger charge is -2.46. The number of rotatable bonds is 57. The largest absolute Gasteiger partial charge is 0.394 e. The molecule has 0 bridgehead atoms. The summed E-state index contributed by atoms with van der Waals surface area (Å²) in [5.41, 5.74) is 0. The van der Waals surface area contributed by atoms with E-state index >= 15 is 0 Å². The fourth-order valence-corrected chi connectivity index (χ4v) is 10.7. The van der Waals surface area contributed by atoms with Crippen LogP contribution < -0.4 is 5.32 Å². The molecule has 2 aliphatic rings. The molecule has 0 saturated carbocycles. The van der Waals surface area contributed by atoms with Crippen molar-refractivity contribution in [2.45, 2.75) is 312 Å². The summed E-state index contributed by atoms with van der Waals surface area (Å²) in [4.78, 5) is 13.3. The van der Waals surface area contributed by atoms with Crippen LogP contribution in [0.1, 0.15) is 239 Å². The standard InChI is InChI=1S/C79H129NO13/c1-3-5-7-9-11-13-15-17-19-21-23-25-27-29-31-32-33-34-35-36-37-39-41-43-45-47-49-51-53-55-57-59-61-63-71(84)80-67(66-90-78-76(89)74(87)77(70(65-82)92-78)93-79-75(88)73(86)72(85)69(64-81)91-79)68(83)62-60-58-56-54-52-50-48-46-44-42-40-38-30-28-26-24-22-20-18-16-14-12-10-8-6-4-2/h5,7,11,13,17,19,23,25,29,31,33-34,36-37,41,43-44,46-47,49,52-55,60,62,67-70,72-79,81-83,85-89H,3-4,6,8-10,12,14-16,18,20-22,24,26-28,30,32,35,38-40,42,45,48,50-51,56-59,61,63-66H2,1-2H3,(H,80,84)/b7-5-,13-11-,19-17-,25-23-,31-29-,34-33-,37-36-,43-41-,46-44+,49-47-,54-52+,55-53-,62-60+. The van der Waals surface area contributed by atoms with E-state index in [1.807, 2.05) is 6.08 Å². The van der Waals surface area contributed by atoms with Crippen molar-refractivity contribution < 1.29 is 64.6 Å². The molecule has 0 spiro atoms. The fourth-order valence-electron chi connectivity index (χ4n) is 10.7. The van der Waals surface area contributed by atoms with Gasteiger partial charge in [-0.2, -0.15) is 0 Å². The molecule has 14 nitrogen and oxygen atoms in total. The van der Waals surface area contributed by atoms with Gasteiger partial charge in [-0.15, -0.1) is 0 Å². The monoisotopic (exact) mass is 1300 g/mol. The number of hydrogen-bond donors (Lipinski definition) is 9. The number of unbranched alkanes of at least 4 members (excludes halogenated alkanes) is 20. The van der Waals surface area contributed by atoms with Gasteiger partial charge in [-0.05, 0) is 122 Å². The van der Waals surface area contributed by atoms with Gasteiger partial charge in [0.2, 0.25) is 5.91 Å². The van der Waals surface area contributed by atoms with Crippen LogP contribution in [0.15, 0.2) is 158 Å². The molecule has 2 saturated heterocycles. The number of nitrogens with one attached hydrogen (secondary N) is 1. The lowest BCUT2D eigenvalue weighted by molar-refractivity contribution is -0.359. The molecule has 12 atom stereocenters. The molecule has 1 amide bonds. The molecular weight excluding hydrogens is 1170 g/mol. The minimum absolute atomic E-state index is 0.203. The molecule has 9 N–H and O–H groups in total. The molecule has 2 fully saturated rings. The van der Waals surface area contributed by atoms with E-state index in [2.05, 4.69) is 165 Å². The number of amides is 1. The summed E-state index contributed by atoms with van der Waals surface area (Å²) in [6.07, 6.45) is 77.3. The first-order valence-electron chi connectivity index (χ1n) is 36.2. The maximum Gasteiger partial charge on any atom is 0.220 e. The number of ether oxygens (including phenoxy) is 4. The molecular formula is C79H129NO13. The zero-order chi connectivity index (χ0) is 67.3. The van der Waals surface area contributed by atoms with Gasteiger partial charge in [0, 0.05) is 6.42 Å². The van der Waals surface area contributed by atoms with Crippen LogP contribution >= 0.6 is 0 Å². The van der Waals surface area contributed by atoms with Crippen molar-refractivity contribution in [1.82, 2.24) is 5.32 Å². The zero-order valence-corrected chi connectivity index (χ0v) is 57.4. The van der Waals surface area contributed by atoms with E-state index in [9.17, 15) is 45.6 Å². The van der Waals surface area contributed by atoms with Crippen LogP contribution in [0.4, 0.5) is 0 Å². The molecule has 2 aliphatic heterocycles. The van der Waals surface area contributed by atoms with Gasteiger partial charge in [-0.3, -0.25) is 4.79 Å². The van der Waals surface area contributed by atoms with Gasteiger partial charge in [0.1, 0.15) is 48.8 Å². The SMILES string of the molecule is CC/C=C\C/C=C\C/C=C\C/C=C\C/C=C\C/C=C\C/C=C\C/C=C\C/C=C\C/C=C\CCCCC(=O)NC(COC1OC(CO)C(OC2OC(CO)C(O)C(O)C2O)C(O)C1O)C(O)/C=C/CC/C=C/CC/C=C/CCCCCCCCCCCCCCCCCC. The Labute approximate surface area is 563 Å². The summed E-state index contributed by atoms with van der Waals surface area (Å²) in [6.45, 7) is 2.63.